The lowest BCUT2D eigenvalue weighted by Gasteiger charge is -2.39. The van der Waals surface area contributed by atoms with Crippen LogP contribution < -0.4 is 0 Å². The van der Waals surface area contributed by atoms with Crippen molar-refractivity contribution in [1.29, 1.82) is 0 Å². The van der Waals surface area contributed by atoms with Gasteiger partial charge in [-0.15, -0.1) is 0 Å². The van der Waals surface area contributed by atoms with Crippen LogP contribution in [-0.4, -0.2) is 31.2 Å². The van der Waals surface area contributed by atoms with Gasteiger partial charge in [-0.3, -0.25) is 4.39 Å². The van der Waals surface area contributed by atoms with Crippen LogP contribution >= 0.6 is 11.6 Å². The second-order valence-electron chi connectivity index (χ2n) is 10.2. The molecule has 1 saturated heterocycles. The Bertz CT molecular complexity index is 1340. The standard InChI is InChI=1S/C31H29ClF5N/c32-27-11-4-10-26(30(27)31(35,36)37)25-9-3-7-21-6-1-2-8-24(21)29(25)23-13-12-22(28(34)17-23)16-20-18-38(19-20)15-5-14-33/h1-2,4,6,8,10-13,17,20H,3,5,7,9,14-16,18-19H2. The fourth-order valence-corrected chi connectivity index (χ4v) is 6.12. The summed E-state index contributed by atoms with van der Waals surface area (Å²) in [5.74, 6) is -0.0513. The molecule has 0 bridgehead atoms. The molecule has 1 aliphatic heterocycles. The largest absolute Gasteiger partial charge is 0.418 e. The second-order valence-corrected chi connectivity index (χ2v) is 10.6. The third kappa shape index (κ3) is 5.52. The molecule has 1 aliphatic carbocycles. The van der Waals surface area contributed by atoms with Crippen molar-refractivity contribution in [2.24, 2.45) is 5.92 Å². The van der Waals surface area contributed by atoms with E-state index in [-0.39, 0.29) is 23.1 Å². The molecule has 0 N–H and O–H groups in total. The highest BCUT2D eigenvalue weighted by atomic mass is 35.5. The predicted molar refractivity (Wildman–Crippen MR) is 142 cm³/mol. The number of allylic oxidation sites excluding steroid dienone is 1. The molecule has 2 aliphatic rings. The molecule has 0 spiro atoms. The molecular formula is C31H29ClF5N. The lowest BCUT2D eigenvalue weighted by molar-refractivity contribution is -0.137. The minimum absolute atomic E-state index is 0.0454. The van der Waals surface area contributed by atoms with Crippen molar-refractivity contribution in [3.05, 3.63) is 105 Å². The Hall–Kier alpha value is -2.70. The predicted octanol–water partition coefficient (Wildman–Crippen LogP) is 8.63. The Morgan fingerprint density at radius 1 is 0.921 bits per heavy atom. The van der Waals surface area contributed by atoms with Gasteiger partial charge in [0.1, 0.15) is 5.82 Å². The van der Waals surface area contributed by atoms with Crippen LogP contribution in [0.1, 0.15) is 52.6 Å². The Balaban J connectivity index is 1.57. The summed E-state index contributed by atoms with van der Waals surface area (Å²) in [5, 5.41) is -0.345. The number of benzene rings is 3. The number of fused-ring (bicyclic) bond motifs is 1. The van der Waals surface area contributed by atoms with Gasteiger partial charge >= 0.3 is 6.18 Å². The van der Waals surface area contributed by atoms with Crippen LogP contribution in [0.15, 0.2) is 60.7 Å². The molecule has 1 nitrogen and oxygen atoms in total. The SMILES string of the molecule is FCCCN1CC(Cc2ccc(C3=C(c4cccc(Cl)c4C(F)(F)F)CCCc4ccccc43)cc2F)C1. The summed E-state index contributed by atoms with van der Waals surface area (Å²) >= 11 is 6.10. The number of nitrogens with zero attached hydrogens (tertiary/aromatic N) is 1. The molecule has 0 atom stereocenters. The molecule has 1 heterocycles. The average molecular weight is 546 g/mol. The van der Waals surface area contributed by atoms with Crippen molar-refractivity contribution in [3.8, 4) is 0 Å². The molecule has 1 fully saturated rings. The van der Waals surface area contributed by atoms with E-state index < -0.39 is 11.7 Å². The highest BCUT2D eigenvalue weighted by Gasteiger charge is 2.37. The molecule has 0 unspecified atom stereocenters. The zero-order chi connectivity index (χ0) is 26.9. The Kier molecular flexibility index (Phi) is 7.92. The van der Waals surface area contributed by atoms with Crippen molar-refractivity contribution in [3.63, 3.8) is 0 Å². The van der Waals surface area contributed by atoms with Gasteiger partial charge in [0.25, 0.3) is 0 Å². The van der Waals surface area contributed by atoms with Gasteiger partial charge in [0, 0.05) is 19.6 Å². The van der Waals surface area contributed by atoms with E-state index in [4.69, 9.17) is 11.6 Å². The van der Waals surface area contributed by atoms with Gasteiger partial charge in [-0.1, -0.05) is 60.1 Å². The zero-order valence-corrected chi connectivity index (χ0v) is 21.7. The third-order valence-electron chi connectivity index (χ3n) is 7.57. The summed E-state index contributed by atoms with van der Waals surface area (Å²) in [6, 6.07) is 17.0. The minimum atomic E-state index is -4.63. The van der Waals surface area contributed by atoms with E-state index in [1.165, 1.54) is 24.3 Å². The average Bonchev–Trinajstić information content (AvgIpc) is 3.05. The van der Waals surface area contributed by atoms with Crippen LogP contribution in [0.25, 0.3) is 11.1 Å². The highest BCUT2D eigenvalue weighted by Crippen LogP contribution is 2.46. The second kappa shape index (κ2) is 11.2. The summed E-state index contributed by atoms with van der Waals surface area (Å²) in [5.41, 5.74) is 3.34. The van der Waals surface area contributed by atoms with E-state index in [0.29, 0.717) is 66.8 Å². The monoisotopic (exact) mass is 545 g/mol. The first kappa shape index (κ1) is 26.9. The van der Waals surface area contributed by atoms with Gasteiger partial charge in [0.15, 0.2) is 0 Å². The maximum Gasteiger partial charge on any atom is 0.418 e. The van der Waals surface area contributed by atoms with E-state index in [1.54, 1.807) is 6.07 Å². The smallest absolute Gasteiger partial charge is 0.303 e. The van der Waals surface area contributed by atoms with Gasteiger partial charge in [0.05, 0.1) is 17.3 Å². The van der Waals surface area contributed by atoms with Crippen molar-refractivity contribution in [2.45, 2.75) is 38.3 Å². The van der Waals surface area contributed by atoms with E-state index in [9.17, 15) is 17.6 Å². The van der Waals surface area contributed by atoms with Gasteiger partial charge in [0.2, 0.25) is 0 Å². The zero-order valence-electron chi connectivity index (χ0n) is 20.9. The summed E-state index contributed by atoms with van der Waals surface area (Å²) in [6.45, 7) is 2.02. The molecule has 0 saturated carbocycles. The van der Waals surface area contributed by atoms with Crippen LogP contribution in [0.5, 0.6) is 0 Å². The normalized spacial score (nSPS) is 16.8. The Labute approximate surface area is 224 Å². The van der Waals surface area contributed by atoms with E-state index in [0.717, 1.165) is 24.2 Å². The van der Waals surface area contributed by atoms with E-state index in [2.05, 4.69) is 4.90 Å². The van der Waals surface area contributed by atoms with Crippen molar-refractivity contribution in [1.82, 2.24) is 4.90 Å². The van der Waals surface area contributed by atoms with Gasteiger partial charge in [-0.05, 0) is 89.1 Å². The number of rotatable bonds is 7. The van der Waals surface area contributed by atoms with Gasteiger partial charge in [-0.2, -0.15) is 13.2 Å². The number of alkyl halides is 4. The number of aryl methyl sites for hydroxylation is 1. The quantitative estimate of drug-likeness (QED) is 0.269. The summed E-state index contributed by atoms with van der Waals surface area (Å²) in [4.78, 5) is 2.17. The lowest BCUT2D eigenvalue weighted by atomic mass is 9.85. The first-order valence-corrected chi connectivity index (χ1v) is 13.4. The molecular weight excluding hydrogens is 517 g/mol. The van der Waals surface area contributed by atoms with Crippen molar-refractivity contribution >= 4 is 22.7 Å². The van der Waals surface area contributed by atoms with Crippen LogP contribution in [-0.2, 0) is 19.0 Å². The first-order chi connectivity index (χ1) is 18.3. The Morgan fingerprint density at radius 2 is 1.68 bits per heavy atom. The molecule has 38 heavy (non-hydrogen) atoms. The van der Waals surface area contributed by atoms with Gasteiger partial charge in [-0.25, -0.2) is 4.39 Å². The summed E-state index contributed by atoms with van der Waals surface area (Å²) in [6.07, 6.45) is -1.75. The fourth-order valence-electron chi connectivity index (χ4n) is 5.84. The maximum absolute atomic E-state index is 15.5. The third-order valence-corrected chi connectivity index (χ3v) is 7.89. The highest BCUT2D eigenvalue weighted by molar-refractivity contribution is 6.31. The molecule has 5 rings (SSSR count). The molecule has 0 radical (unpaired) electrons. The summed E-state index contributed by atoms with van der Waals surface area (Å²) < 4.78 is 70.4. The first-order valence-electron chi connectivity index (χ1n) is 13.0. The number of hydrogen-bond donors (Lipinski definition) is 0. The van der Waals surface area contributed by atoms with Crippen LogP contribution in [0.3, 0.4) is 0 Å². The van der Waals surface area contributed by atoms with E-state index >= 15 is 4.39 Å². The fraction of sp³-hybridized carbons (Fsp3) is 0.355. The molecule has 0 aromatic heterocycles. The van der Waals surface area contributed by atoms with E-state index in [1.807, 2.05) is 30.3 Å². The van der Waals surface area contributed by atoms with Crippen molar-refractivity contribution in [2.75, 3.05) is 26.3 Å². The number of halogens is 6. The summed E-state index contributed by atoms with van der Waals surface area (Å²) in [7, 11) is 0. The van der Waals surface area contributed by atoms with Crippen LogP contribution in [0.4, 0.5) is 22.0 Å². The molecule has 3 aromatic carbocycles. The molecule has 7 heteroatoms. The Morgan fingerprint density at radius 3 is 2.42 bits per heavy atom. The topological polar surface area (TPSA) is 3.24 Å². The molecule has 200 valence electrons. The minimum Gasteiger partial charge on any atom is -0.303 e. The number of hydrogen-bond acceptors (Lipinski definition) is 1. The van der Waals surface area contributed by atoms with Crippen LogP contribution in [0.2, 0.25) is 5.02 Å². The lowest BCUT2D eigenvalue weighted by Crippen LogP contribution is -2.48. The molecule has 3 aromatic rings. The van der Waals surface area contributed by atoms with Crippen molar-refractivity contribution < 1.29 is 22.0 Å². The number of likely N-dealkylation sites (tertiary alicyclic amines) is 1. The maximum atomic E-state index is 15.5. The van der Waals surface area contributed by atoms with Gasteiger partial charge < -0.3 is 4.90 Å². The van der Waals surface area contributed by atoms with Crippen LogP contribution in [0, 0.1) is 11.7 Å². The molecule has 0 amide bonds.